The average molecular weight is 329 g/mol. The third-order valence-electron chi connectivity index (χ3n) is 4.05. The van der Waals surface area contributed by atoms with Gasteiger partial charge in [0.05, 0.1) is 19.3 Å². The van der Waals surface area contributed by atoms with Crippen LogP contribution in [0.2, 0.25) is 0 Å². The quantitative estimate of drug-likeness (QED) is 0.922. The first kappa shape index (κ1) is 14.8. The second-order valence-corrected chi connectivity index (χ2v) is 6.07. The molecule has 0 aliphatic carbocycles. The standard InChI is InChI=1S/C15H21BrO3/c1-8-7-12(16)9(2)13(15(8)18-4)14(17)11-5-6-19-10(11)3/h7,10-11,14,17H,5-6H2,1-4H3. The Balaban J connectivity index is 2.48. The van der Waals surface area contributed by atoms with Gasteiger partial charge in [0.2, 0.25) is 0 Å². The van der Waals surface area contributed by atoms with Crippen LogP contribution < -0.4 is 4.74 Å². The largest absolute Gasteiger partial charge is 0.496 e. The van der Waals surface area contributed by atoms with Crippen molar-refractivity contribution in [3.63, 3.8) is 0 Å². The van der Waals surface area contributed by atoms with E-state index in [-0.39, 0.29) is 12.0 Å². The topological polar surface area (TPSA) is 38.7 Å². The smallest absolute Gasteiger partial charge is 0.127 e. The molecule has 3 unspecified atom stereocenters. The van der Waals surface area contributed by atoms with Crippen LogP contribution in [0.25, 0.3) is 0 Å². The lowest BCUT2D eigenvalue weighted by Gasteiger charge is -2.26. The second kappa shape index (κ2) is 5.81. The van der Waals surface area contributed by atoms with Gasteiger partial charge in [-0.2, -0.15) is 0 Å². The van der Waals surface area contributed by atoms with Gasteiger partial charge in [-0.1, -0.05) is 15.9 Å². The minimum absolute atomic E-state index is 0.0818. The molecule has 1 saturated heterocycles. The van der Waals surface area contributed by atoms with E-state index in [0.717, 1.165) is 39.9 Å². The van der Waals surface area contributed by atoms with E-state index in [1.807, 2.05) is 26.8 Å². The molecular formula is C15H21BrO3. The highest BCUT2D eigenvalue weighted by Crippen LogP contribution is 2.42. The van der Waals surface area contributed by atoms with Gasteiger partial charge in [0.1, 0.15) is 5.75 Å². The molecule has 1 N–H and O–H groups in total. The Morgan fingerprint density at radius 2 is 2.16 bits per heavy atom. The lowest BCUT2D eigenvalue weighted by molar-refractivity contribution is 0.0416. The van der Waals surface area contributed by atoms with Gasteiger partial charge in [-0.15, -0.1) is 0 Å². The molecule has 1 heterocycles. The Kier molecular flexibility index (Phi) is 4.54. The van der Waals surface area contributed by atoms with Crippen LogP contribution in [0.4, 0.5) is 0 Å². The zero-order chi connectivity index (χ0) is 14.2. The van der Waals surface area contributed by atoms with E-state index < -0.39 is 6.10 Å². The molecule has 106 valence electrons. The average Bonchev–Trinajstić information content (AvgIpc) is 2.79. The normalized spacial score (nSPS) is 24.5. The maximum Gasteiger partial charge on any atom is 0.127 e. The number of aliphatic hydroxyl groups is 1. The first-order valence-electron chi connectivity index (χ1n) is 6.60. The number of aliphatic hydroxyl groups excluding tert-OH is 1. The van der Waals surface area contributed by atoms with E-state index in [0.29, 0.717) is 0 Å². The molecule has 3 atom stereocenters. The molecule has 0 radical (unpaired) electrons. The summed E-state index contributed by atoms with van der Waals surface area (Å²) in [5.41, 5.74) is 2.95. The first-order chi connectivity index (χ1) is 8.97. The molecule has 1 aliphatic rings. The lowest BCUT2D eigenvalue weighted by Crippen LogP contribution is -2.21. The number of halogens is 1. The third kappa shape index (κ3) is 2.67. The summed E-state index contributed by atoms with van der Waals surface area (Å²) in [6.07, 6.45) is 0.415. The Hall–Kier alpha value is -0.580. The minimum atomic E-state index is -0.552. The van der Waals surface area contributed by atoms with E-state index >= 15 is 0 Å². The fourth-order valence-electron chi connectivity index (χ4n) is 2.88. The molecule has 1 aliphatic heterocycles. The number of hydrogen-bond donors (Lipinski definition) is 1. The number of ether oxygens (including phenoxy) is 2. The predicted molar refractivity (Wildman–Crippen MR) is 78.6 cm³/mol. The van der Waals surface area contributed by atoms with Crippen molar-refractivity contribution in [1.82, 2.24) is 0 Å². The van der Waals surface area contributed by atoms with Crippen LogP contribution in [0.1, 0.15) is 36.1 Å². The number of hydrogen-bond acceptors (Lipinski definition) is 3. The number of rotatable bonds is 3. The SMILES string of the molecule is COc1c(C)cc(Br)c(C)c1C(O)C1CCOC1C. The second-order valence-electron chi connectivity index (χ2n) is 5.22. The summed E-state index contributed by atoms with van der Waals surface area (Å²) in [7, 11) is 1.65. The zero-order valence-electron chi connectivity index (χ0n) is 11.9. The Labute approximate surface area is 123 Å². The lowest BCUT2D eigenvalue weighted by atomic mass is 9.87. The predicted octanol–water partition coefficient (Wildman–Crippen LogP) is 3.53. The van der Waals surface area contributed by atoms with Crippen LogP contribution >= 0.6 is 15.9 Å². The Morgan fingerprint density at radius 3 is 2.68 bits per heavy atom. The van der Waals surface area contributed by atoms with Crippen LogP contribution in [0.3, 0.4) is 0 Å². The van der Waals surface area contributed by atoms with Gasteiger partial charge in [0.25, 0.3) is 0 Å². The van der Waals surface area contributed by atoms with E-state index in [2.05, 4.69) is 15.9 Å². The number of aryl methyl sites for hydroxylation is 1. The molecule has 4 heteroatoms. The van der Waals surface area contributed by atoms with Crippen molar-refractivity contribution in [2.75, 3.05) is 13.7 Å². The van der Waals surface area contributed by atoms with Crippen molar-refractivity contribution in [1.29, 1.82) is 0 Å². The molecule has 0 spiro atoms. The summed E-state index contributed by atoms with van der Waals surface area (Å²) in [6.45, 7) is 6.74. The molecule has 0 saturated carbocycles. The van der Waals surface area contributed by atoms with Gasteiger partial charge in [-0.05, 0) is 44.4 Å². The molecule has 0 amide bonds. The highest BCUT2D eigenvalue weighted by atomic mass is 79.9. The van der Waals surface area contributed by atoms with Crippen molar-refractivity contribution in [3.8, 4) is 5.75 Å². The number of benzene rings is 1. The minimum Gasteiger partial charge on any atom is -0.496 e. The highest BCUT2D eigenvalue weighted by Gasteiger charge is 2.34. The van der Waals surface area contributed by atoms with Crippen molar-refractivity contribution in [3.05, 3.63) is 27.2 Å². The number of methoxy groups -OCH3 is 1. The highest BCUT2D eigenvalue weighted by molar-refractivity contribution is 9.10. The van der Waals surface area contributed by atoms with Gasteiger partial charge in [0, 0.05) is 22.6 Å². The molecule has 0 bridgehead atoms. The van der Waals surface area contributed by atoms with Crippen LogP contribution in [0.5, 0.6) is 5.75 Å². The molecule has 1 aromatic carbocycles. The summed E-state index contributed by atoms with van der Waals surface area (Å²) in [6, 6.07) is 2.03. The fraction of sp³-hybridized carbons (Fsp3) is 0.600. The summed E-state index contributed by atoms with van der Waals surface area (Å²) < 4.78 is 12.1. The van der Waals surface area contributed by atoms with E-state index in [1.54, 1.807) is 7.11 Å². The summed E-state index contributed by atoms with van der Waals surface area (Å²) in [5.74, 6) is 0.911. The summed E-state index contributed by atoms with van der Waals surface area (Å²) in [5, 5.41) is 10.8. The van der Waals surface area contributed by atoms with Gasteiger partial charge < -0.3 is 14.6 Å². The summed E-state index contributed by atoms with van der Waals surface area (Å²) >= 11 is 3.55. The first-order valence-corrected chi connectivity index (χ1v) is 7.40. The van der Waals surface area contributed by atoms with E-state index in [1.165, 1.54) is 0 Å². The third-order valence-corrected chi connectivity index (χ3v) is 4.87. The maximum atomic E-state index is 10.8. The van der Waals surface area contributed by atoms with Crippen LogP contribution in [-0.2, 0) is 4.74 Å². The Morgan fingerprint density at radius 1 is 1.47 bits per heavy atom. The van der Waals surface area contributed by atoms with Crippen LogP contribution in [0.15, 0.2) is 10.5 Å². The molecule has 19 heavy (non-hydrogen) atoms. The van der Waals surface area contributed by atoms with Crippen LogP contribution in [0, 0.1) is 19.8 Å². The molecule has 0 aromatic heterocycles. The van der Waals surface area contributed by atoms with E-state index in [9.17, 15) is 5.11 Å². The van der Waals surface area contributed by atoms with Crippen molar-refractivity contribution >= 4 is 15.9 Å². The van der Waals surface area contributed by atoms with Gasteiger partial charge in [-0.3, -0.25) is 0 Å². The molecule has 1 aromatic rings. The van der Waals surface area contributed by atoms with Gasteiger partial charge in [0.15, 0.2) is 0 Å². The maximum absolute atomic E-state index is 10.8. The van der Waals surface area contributed by atoms with E-state index in [4.69, 9.17) is 9.47 Å². The Bertz CT molecular complexity index is 473. The molecule has 2 rings (SSSR count). The van der Waals surface area contributed by atoms with Gasteiger partial charge in [-0.25, -0.2) is 0 Å². The molecule has 1 fully saturated rings. The van der Waals surface area contributed by atoms with Crippen molar-refractivity contribution < 1.29 is 14.6 Å². The summed E-state index contributed by atoms with van der Waals surface area (Å²) in [4.78, 5) is 0. The van der Waals surface area contributed by atoms with Crippen LogP contribution in [-0.4, -0.2) is 24.9 Å². The van der Waals surface area contributed by atoms with Gasteiger partial charge >= 0.3 is 0 Å². The molecule has 3 nitrogen and oxygen atoms in total. The fourth-order valence-corrected chi connectivity index (χ4v) is 3.44. The van der Waals surface area contributed by atoms with Crippen molar-refractivity contribution in [2.24, 2.45) is 5.92 Å². The zero-order valence-corrected chi connectivity index (χ0v) is 13.5. The van der Waals surface area contributed by atoms with Crippen molar-refractivity contribution in [2.45, 2.75) is 39.4 Å². The molecular weight excluding hydrogens is 308 g/mol. The monoisotopic (exact) mass is 328 g/mol.